The van der Waals surface area contributed by atoms with Crippen molar-refractivity contribution < 1.29 is 9.18 Å². The molecule has 0 unspecified atom stereocenters. The third-order valence-electron chi connectivity index (χ3n) is 3.43. The van der Waals surface area contributed by atoms with Gasteiger partial charge >= 0.3 is 0 Å². The second kappa shape index (κ2) is 7.99. The summed E-state index contributed by atoms with van der Waals surface area (Å²) < 4.78 is 13.5. The number of carbonyl (C=O) groups excluding carboxylic acids is 1. The number of rotatable bonds is 6. The molecule has 0 fully saturated rings. The highest BCUT2D eigenvalue weighted by molar-refractivity contribution is 7.99. The number of thioether (sulfide) groups is 1. The highest BCUT2D eigenvalue weighted by atomic mass is 32.2. The van der Waals surface area contributed by atoms with Gasteiger partial charge in [-0.3, -0.25) is 4.79 Å². The largest absolute Gasteiger partial charge is 0.326 e. The molecule has 0 atom stereocenters. The smallest absolute Gasteiger partial charge is 0.225 e. The third kappa shape index (κ3) is 4.34. The van der Waals surface area contributed by atoms with E-state index >= 15 is 0 Å². The summed E-state index contributed by atoms with van der Waals surface area (Å²) in [5.74, 6) is 0.285. The zero-order valence-corrected chi connectivity index (χ0v) is 13.7. The Bertz CT molecular complexity index is 657. The number of benzene rings is 2. The first-order valence-corrected chi connectivity index (χ1v) is 8.36. The lowest BCUT2D eigenvalue weighted by Gasteiger charge is -2.13. The molecule has 0 heterocycles. The zero-order chi connectivity index (χ0) is 15.9. The summed E-state index contributed by atoms with van der Waals surface area (Å²) in [5, 5.41) is 2.98. The highest BCUT2D eigenvalue weighted by Crippen LogP contribution is 2.23. The summed E-state index contributed by atoms with van der Waals surface area (Å²) in [7, 11) is 0. The first-order chi connectivity index (χ1) is 10.6. The summed E-state index contributed by atoms with van der Waals surface area (Å²) in [6.45, 7) is 4.06. The molecule has 0 aliphatic carbocycles. The van der Waals surface area contributed by atoms with Crippen LogP contribution in [0.4, 0.5) is 10.1 Å². The second-order valence-corrected chi connectivity index (χ2v) is 6.18. The first-order valence-electron chi connectivity index (χ1n) is 7.37. The summed E-state index contributed by atoms with van der Waals surface area (Å²) in [5.41, 5.74) is 3.11. The number of hydrogen-bond donors (Lipinski definition) is 1. The van der Waals surface area contributed by atoms with Gasteiger partial charge < -0.3 is 5.32 Å². The van der Waals surface area contributed by atoms with Crippen LogP contribution in [0, 0.1) is 12.7 Å². The molecule has 22 heavy (non-hydrogen) atoms. The highest BCUT2D eigenvalue weighted by Gasteiger charge is 2.09. The van der Waals surface area contributed by atoms with Crippen LogP contribution in [-0.2, 0) is 11.2 Å². The molecule has 2 rings (SSSR count). The SMILES string of the molecule is CCc1cccc(C)c1NC(=O)CCSc1ccccc1F. The minimum atomic E-state index is -0.236. The van der Waals surface area contributed by atoms with E-state index in [1.807, 2.05) is 25.1 Å². The molecule has 0 radical (unpaired) electrons. The predicted octanol–water partition coefficient (Wildman–Crippen LogP) is 4.82. The third-order valence-corrected chi connectivity index (χ3v) is 4.48. The average Bonchev–Trinajstić information content (AvgIpc) is 2.51. The van der Waals surface area contributed by atoms with Gasteiger partial charge in [-0.05, 0) is 36.6 Å². The summed E-state index contributed by atoms with van der Waals surface area (Å²) in [6.07, 6.45) is 1.23. The standard InChI is InChI=1S/C18H20FNOS/c1-3-14-8-6-7-13(2)18(14)20-17(21)11-12-22-16-10-5-4-9-15(16)19/h4-10H,3,11-12H2,1-2H3,(H,20,21). The van der Waals surface area contributed by atoms with Gasteiger partial charge in [0.25, 0.3) is 0 Å². The van der Waals surface area contributed by atoms with Crippen LogP contribution in [0.3, 0.4) is 0 Å². The minimum absolute atomic E-state index is 0.0344. The average molecular weight is 317 g/mol. The molecule has 0 saturated carbocycles. The van der Waals surface area contributed by atoms with Crippen molar-refractivity contribution in [2.24, 2.45) is 0 Å². The number of hydrogen-bond acceptors (Lipinski definition) is 2. The van der Waals surface area contributed by atoms with Crippen LogP contribution in [0.1, 0.15) is 24.5 Å². The van der Waals surface area contributed by atoms with Crippen LogP contribution in [0.15, 0.2) is 47.4 Å². The van der Waals surface area contributed by atoms with Crippen LogP contribution < -0.4 is 5.32 Å². The van der Waals surface area contributed by atoms with E-state index in [2.05, 4.69) is 12.2 Å². The summed E-state index contributed by atoms with van der Waals surface area (Å²) >= 11 is 1.36. The minimum Gasteiger partial charge on any atom is -0.326 e. The number of halogens is 1. The monoisotopic (exact) mass is 317 g/mol. The van der Waals surface area contributed by atoms with Gasteiger partial charge in [0.1, 0.15) is 5.82 Å². The molecule has 0 bridgehead atoms. The van der Waals surface area contributed by atoms with Crippen molar-refractivity contribution >= 4 is 23.4 Å². The van der Waals surface area contributed by atoms with Gasteiger partial charge in [0.2, 0.25) is 5.91 Å². The number of para-hydroxylation sites is 1. The lowest BCUT2D eigenvalue weighted by molar-refractivity contribution is -0.115. The summed E-state index contributed by atoms with van der Waals surface area (Å²) in [6, 6.07) is 12.6. The van der Waals surface area contributed by atoms with Crippen LogP contribution in [-0.4, -0.2) is 11.7 Å². The number of nitrogens with one attached hydrogen (secondary N) is 1. The molecule has 1 N–H and O–H groups in total. The van der Waals surface area contributed by atoms with Gasteiger partial charge in [-0.2, -0.15) is 0 Å². The molecule has 116 valence electrons. The molecule has 0 saturated heterocycles. The fourth-order valence-electron chi connectivity index (χ4n) is 2.22. The number of carbonyl (C=O) groups is 1. The Hall–Kier alpha value is -1.81. The first kappa shape index (κ1) is 16.6. The van der Waals surface area contributed by atoms with Crippen molar-refractivity contribution in [3.05, 3.63) is 59.4 Å². The van der Waals surface area contributed by atoms with Gasteiger partial charge in [-0.15, -0.1) is 11.8 Å². The van der Waals surface area contributed by atoms with E-state index in [9.17, 15) is 9.18 Å². The Morgan fingerprint density at radius 2 is 1.95 bits per heavy atom. The molecule has 0 aromatic heterocycles. The fourth-order valence-corrected chi connectivity index (χ4v) is 3.11. The fraction of sp³-hybridized carbons (Fsp3) is 0.278. The van der Waals surface area contributed by atoms with Crippen molar-refractivity contribution in [1.82, 2.24) is 0 Å². The zero-order valence-electron chi connectivity index (χ0n) is 12.9. The van der Waals surface area contributed by atoms with E-state index < -0.39 is 0 Å². The van der Waals surface area contributed by atoms with Gasteiger partial charge in [0, 0.05) is 22.8 Å². The van der Waals surface area contributed by atoms with E-state index in [1.54, 1.807) is 18.2 Å². The predicted molar refractivity (Wildman–Crippen MR) is 90.9 cm³/mol. The quantitative estimate of drug-likeness (QED) is 0.774. The van der Waals surface area contributed by atoms with Crippen LogP contribution in [0.5, 0.6) is 0 Å². The maximum absolute atomic E-state index is 13.5. The Labute approximate surface area is 135 Å². The molecule has 0 spiro atoms. The molecule has 2 aromatic carbocycles. The van der Waals surface area contributed by atoms with Crippen molar-refractivity contribution in [2.45, 2.75) is 31.6 Å². The van der Waals surface area contributed by atoms with E-state index in [0.29, 0.717) is 17.1 Å². The van der Waals surface area contributed by atoms with Crippen molar-refractivity contribution in [1.29, 1.82) is 0 Å². The van der Waals surface area contributed by atoms with Crippen LogP contribution in [0.2, 0.25) is 0 Å². The van der Waals surface area contributed by atoms with Crippen molar-refractivity contribution in [3.63, 3.8) is 0 Å². The van der Waals surface area contributed by atoms with E-state index in [-0.39, 0.29) is 11.7 Å². The topological polar surface area (TPSA) is 29.1 Å². The van der Waals surface area contributed by atoms with Gasteiger partial charge in [-0.25, -0.2) is 4.39 Å². The van der Waals surface area contributed by atoms with E-state index in [0.717, 1.165) is 23.2 Å². The Morgan fingerprint density at radius 3 is 2.68 bits per heavy atom. The Kier molecular flexibility index (Phi) is 6.01. The second-order valence-electron chi connectivity index (χ2n) is 5.04. The molecule has 1 amide bonds. The normalized spacial score (nSPS) is 10.5. The summed E-state index contributed by atoms with van der Waals surface area (Å²) in [4.78, 5) is 12.7. The molecule has 0 aliphatic rings. The lowest BCUT2D eigenvalue weighted by Crippen LogP contribution is -2.14. The van der Waals surface area contributed by atoms with Crippen molar-refractivity contribution in [3.8, 4) is 0 Å². The Morgan fingerprint density at radius 1 is 1.18 bits per heavy atom. The molecule has 4 heteroatoms. The van der Waals surface area contributed by atoms with Crippen LogP contribution in [0.25, 0.3) is 0 Å². The molecule has 2 nitrogen and oxygen atoms in total. The van der Waals surface area contributed by atoms with E-state index in [4.69, 9.17) is 0 Å². The molecule has 0 aliphatic heterocycles. The number of amides is 1. The van der Waals surface area contributed by atoms with E-state index in [1.165, 1.54) is 17.8 Å². The van der Waals surface area contributed by atoms with Gasteiger partial charge in [-0.1, -0.05) is 37.3 Å². The van der Waals surface area contributed by atoms with Gasteiger partial charge in [0.15, 0.2) is 0 Å². The molecule has 2 aromatic rings. The lowest BCUT2D eigenvalue weighted by atomic mass is 10.1. The number of anilines is 1. The molecular weight excluding hydrogens is 297 g/mol. The molecular formula is C18H20FNOS. The maximum atomic E-state index is 13.5. The van der Waals surface area contributed by atoms with Crippen molar-refractivity contribution in [2.75, 3.05) is 11.1 Å². The maximum Gasteiger partial charge on any atom is 0.225 e. The Balaban J connectivity index is 1.90. The van der Waals surface area contributed by atoms with Gasteiger partial charge in [0.05, 0.1) is 0 Å². The van der Waals surface area contributed by atoms with Crippen LogP contribution >= 0.6 is 11.8 Å². The number of aryl methyl sites for hydroxylation is 2.